The Hall–Kier alpha value is -1.43. The van der Waals surface area contributed by atoms with Gasteiger partial charge in [0.2, 0.25) is 5.78 Å². The van der Waals surface area contributed by atoms with Crippen molar-refractivity contribution >= 4 is 17.7 Å². The average molecular weight is 192 g/mol. The molecule has 76 valence electrons. The molecular formula is C7H12O6. The lowest BCUT2D eigenvalue weighted by Gasteiger charge is -1.95. The maximum absolute atomic E-state index is 9.77. The third kappa shape index (κ3) is 10.6. The van der Waals surface area contributed by atoms with Gasteiger partial charge < -0.3 is 15.3 Å². The first-order chi connectivity index (χ1) is 5.82. The van der Waals surface area contributed by atoms with Gasteiger partial charge in [-0.05, 0) is 6.92 Å². The average Bonchev–Trinajstić information content (AvgIpc) is 2.03. The van der Waals surface area contributed by atoms with Crippen molar-refractivity contribution in [2.75, 3.05) is 6.61 Å². The summed E-state index contributed by atoms with van der Waals surface area (Å²) < 4.78 is 0. The van der Waals surface area contributed by atoms with E-state index in [9.17, 15) is 14.4 Å². The second-order valence-corrected chi connectivity index (χ2v) is 2.28. The van der Waals surface area contributed by atoms with Gasteiger partial charge in [0.15, 0.2) is 0 Å². The van der Waals surface area contributed by atoms with E-state index in [1.54, 1.807) is 0 Å². The predicted molar refractivity (Wildman–Crippen MR) is 42.2 cm³/mol. The van der Waals surface area contributed by atoms with Gasteiger partial charge in [0.05, 0.1) is 12.5 Å². The van der Waals surface area contributed by atoms with E-state index in [4.69, 9.17) is 15.3 Å². The number of rotatable bonds is 3. The second kappa shape index (κ2) is 7.23. The molecule has 1 unspecified atom stereocenters. The zero-order valence-electron chi connectivity index (χ0n) is 7.35. The molecule has 0 heterocycles. The zero-order valence-corrected chi connectivity index (χ0v) is 7.35. The van der Waals surface area contributed by atoms with Crippen LogP contribution in [0.15, 0.2) is 0 Å². The fraction of sp³-hybridized carbons (Fsp3) is 0.571. The molecule has 0 radical (unpaired) electrons. The molecule has 0 saturated carbocycles. The minimum atomic E-state index is -1.38. The first kappa shape index (κ1) is 14.1. The Morgan fingerprint density at radius 2 is 1.54 bits per heavy atom. The Labute approximate surface area is 74.8 Å². The number of Topliss-reactive ketones (excluding diaryl/α,β-unsaturated/α-hetero) is 1. The van der Waals surface area contributed by atoms with Gasteiger partial charge in [0.1, 0.15) is 0 Å². The number of aliphatic hydroxyl groups excluding tert-OH is 1. The van der Waals surface area contributed by atoms with Crippen molar-refractivity contribution in [3.63, 3.8) is 0 Å². The van der Waals surface area contributed by atoms with Gasteiger partial charge in [0, 0.05) is 6.92 Å². The molecule has 0 aromatic rings. The molecule has 0 bridgehead atoms. The van der Waals surface area contributed by atoms with E-state index in [0.29, 0.717) is 0 Å². The van der Waals surface area contributed by atoms with Crippen molar-refractivity contribution in [3.05, 3.63) is 0 Å². The first-order valence-corrected chi connectivity index (χ1v) is 3.40. The Morgan fingerprint density at radius 3 is 1.54 bits per heavy atom. The van der Waals surface area contributed by atoms with Crippen LogP contribution in [0.5, 0.6) is 0 Å². The van der Waals surface area contributed by atoms with Crippen molar-refractivity contribution < 1.29 is 29.7 Å². The Bertz CT molecular complexity index is 185. The highest BCUT2D eigenvalue weighted by molar-refractivity contribution is 6.31. The molecule has 0 aromatic heterocycles. The minimum Gasteiger partial charge on any atom is -0.481 e. The molecule has 6 nitrogen and oxygen atoms in total. The lowest BCUT2D eigenvalue weighted by molar-refractivity contribution is -0.148. The number of aliphatic hydroxyl groups is 1. The molecule has 0 aromatic carbocycles. The summed E-state index contributed by atoms with van der Waals surface area (Å²) in [6, 6.07) is 0. The standard InChI is InChI=1S/C4H8O3.C3H4O3/c1-3(2-5)4(6)7;1-2(4)3(5)6/h3,5H,2H2,1H3,(H,6,7);1H3,(H,5,6). The van der Waals surface area contributed by atoms with Crippen LogP contribution in [-0.4, -0.2) is 39.6 Å². The molecule has 0 amide bonds. The molecular weight excluding hydrogens is 180 g/mol. The summed E-state index contributed by atoms with van der Waals surface area (Å²) >= 11 is 0. The van der Waals surface area contributed by atoms with Gasteiger partial charge in [0.25, 0.3) is 0 Å². The van der Waals surface area contributed by atoms with Gasteiger partial charge in [-0.3, -0.25) is 9.59 Å². The SMILES string of the molecule is CC(=O)C(=O)O.CC(CO)C(=O)O. The van der Waals surface area contributed by atoms with Crippen LogP contribution in [-0.2, 0) is 14.4 Å². The van der Waals surface area contributed by atoms with Crippen LogP contribution in [0.2, 0.25) is 0 Å². The van der Waals surface area contributed by atoms with Crippen LogP contribution in [0, 0.1) is 5.92 Å². The third-order valence-electron chi connectivity index (χ3n) is 0.997. The number of carbonyl (C=O) groups is 3. The number of carboxylic acid groups (broad SMARTS) is 2. The van der Waals surface area contributed by atoms with Crippen LogP contribution in [0.3, 0.4) is 0 Å². The maximum Gasteiger partial charge on any atom is 0.371 e. The fourth-order valence-corrected chi connectivity index (χ4v) is 0.0781. The molecule has 1 atom stereocenters. The normalized spacial score (nSPS) is 10.7. The summed E-state index contributed by atoms with van der Waals surface area (Å²) in [6.45, 7) is 2.17. The minimum absolute atomic E-state index is 0.282. The number of carboxylic acids is 2. The monoisotopic (exact) mass is 192 g/mol. The lowest BCUT2D eigenvalue weighted by Crippen LogP contribution is -2.12. The number of hydrogen-bond acceptors (Lipinski definition) is 4. The first-order valence-electron chi connectivity index (χ1n) is 3.40. The summed E-state index contributed by atoms with van der Waals surface area (Å²) in [5.41, 5.74) is 0. The largest absolute Gasteiger partial charge is 0.481 e. The fourth-order valence-electron chi connectivity index (χ4n) is 0.0781. The van der Waals surface area contributed by atoms with E-state index in [1.807, 2.05) is 0 Å². The summed E-state index contributed by atoms with van der Waals surface area (Å²) in [5, 5.41) is 23.8. The van der Waals surface area contributed by atoms with Crippen molar-refractivity contribution in [2.24, 2.45) is 5.92 Å². The number of hydrogen-bond donors (Lipinski definition) is 3. The van der Waals surface area contributed by atoms with E-state index in [2.05, 4.69) is 0 Å². The van der Waals surface area contributed by atoms with Crippen molar-refractivity contribution in [1.82, 2.24) is 0 Å². The predicted octanol–water partition coefficient (Wildman–Crippen LogP) is -0.641. The molecule has 0 spiro atoms. The number of ketones is 1. The third-order valence-corrected chi connectivity index (χ3v) is 0.997. The van der Waals surface area contributed by atoms with Gasteiger partial charge in [-0.1, -0.05) is 0 Å². The van der Waals surface area contributed by atoms with E-state index in [1.165, 1.54) is 6.92 Å². The van der Waals surface area contributed by atoms with Crippen LogP contribution >= 0.6 is 0 Å². The highest BCUT2D eigenvalue weighted by Crippen LogP contribution is 1.88. The number of carbonyl (C=O) groups excluding carboxylic acids is 1. The molecule has 0 aliphatic rings. The maximum atomic E-state index is 9.77. The van der Waals surface area contributed by atoms with Gasteiger partial charge >= 0.3 is 11.9 Å². The number of aliphatic carboxylic acids is 2. The summed E-state index contributed by atoms with van der Waals surface area (Å²) in [5.74, 6) is -3.78. The van der Waals surface area contributed by atoms with E-state index in [0.717, 1.165) is 6.92 Å². The molecule has 13 heavy (non-hydrogen) atoms. The topological polar surface area (TPSA) is 112 Å². The molecule has 0 fully saturated rings. The Morgan fingerprint density at radius 1 is 1.23 bits per heavy atom. The van der Waals surface area contributed by atoms with E-state index in [-0.39, 0.29) is 6.61 Å². The van der Waals surface area contributed by atoms with Crippen molar-refractivity contribution in [2.45, 2.75) is 13.8 Å². The quantitative estimate of drug-likeness (QED) is 0.513. The molecule has 0 aliphatic heterocycles. The van der Waals surface area contributed by atoms with Crippen molar-refractivity contribution in [3.8, 4) is 0 Å². The van der Waals surface area contributed by atoms with E-state index < -0.39 is 23.6 Å². The summed E-state index contributed by atoms with van der Waals surface area (Å²) in [4.78, 5) is 28.7. The van der Waals surface area contributed by atoms with Gasteiger partial charge in [-0.25, -0.2) is 4.79 Å². The Kier molecular flexibility index (Phi) is 7.85. The molecule has 3 N–H and O–H groups in total. The van der Waals surface area contributed by atoms with Gasteiger partial charge in [-0.15, -0.1) is 0 Å². The molecule has 0 aliphatic carbocycles. The molecule has 0 rings (SSSR count). The summed E-state index contributed by atoms with van der Waals surface area (Å²) in [7, 11) is 0. The van der Waals surface area contributed by atoms with E-state index >= 15 is 0 Å². The Balaban J connectivity index is 0. The van der Waals surface area contributed by atoms with Crippen molar-refractivity contribution in [1.29, 1.82) is 0 Å². The van der Waals surface area contributed by atoms with Crippen LogP contribution in [0.1, 0.15) is 13.8 Å². The van der Waals surface area contributed by atoms with Crippen LogP contribution in [0.25, 0.3) is 0 Å². The lowest BCUT2D eigenvalue weighted by atomic mass is 10.2. The zero-order chi connectivity index (χ0) is 11.0. The second-order valence-electron chi connectivity index (χ2n) is 2.28. The summed E-state index contributed by atoms with van der Waals surface area (Å²) in [6.07, 6.45) is 0. The van der Waals surface area contributed by atoms with Crippen LogP contribution < -0.4 is 0 Å². The smallest absolute Gasteiger partial charge is 0.371 e. The highest BCUT2D eigenvalue weighted by Gasteiger charge is 2.06. The highest BCUT2D eigenvalue weighted by atomic mass is 16.4. The van der Waals surface area contributed by atoms with Gasteiger partial charge in [-0.2, -0.15) is 0 Å². The molecule has 0 saturated heterocycles. The van der Waals surface area contributed by atoms with Crippen LogP contribution in [0.4, 0.5) is 0 Å². The molecule has 6 heteroatoms.